The van der Waals surface area contributed by atoms with Crippen LogP contribution in [-0.2, 0) is 40.0 Å². The lowest BCUT2D eigenvalue weighted by atomic mass is 10.0. The third-order valence-electron chi connectivity index (χ3n) is 7.98. The lowest BCUT2D eigenvalue weighted by Gasteiger charge is -2.25. The van der Waals surface area contributed by atoms with Crippen molar-refractivity contribution in [1.29, 1.82) is 0 Å². The van der Waals surface area contributed by atoms with Crippen LogP contribution in [0.5, 0.6) is 0 Å². The summed E-state index contributed by atoms with van der Waals surface area (Å²) >= 11 is 0. The molecule has 1 aromatic heterocycles. The zero-order valence-electron chi connectivity index (χ0n) is 29.3. The van der Waals surface area contributed by atoms with Crippen molar-refractivity contribution in [2.75, 3.05) is 11.9 Å². The number of H-pyrrole nitrogens is 1. The van der Waals surface area contributed by atoms with Crippen LogP contribution in [0.25, 0.3) is 10.9 Å². The third-order valence-corrected chi connectivity index (χ3v) is 7.98. The van der Waals surface area contributed by atoms with Gasteiger partial charge in [-0.3, -0.25) is 38.4 Å². The standard InChI is InChI=1S/C35H45N9O8/c1-18(2)30(31(37)48)44-32(49)19(3)40-35(52)27(15-22-16-39-25-8-6-5-7-24(22)25)43-34(51)26(13-14-28(36)46)42-33(50)21-9-11-23(12-10-21)41-29(47)17-38-20(4)45/h5-12,16,18-19,26-27,30,39H,13-15,17H2,1-4H3,(H2,36,46)(H2,37,48)(H,38,45)(H,40,52)(H,41,47)(H,42,50)(H,43,51)(H,44,49)/t19-,26-,27-,30?/m0/s1. The van der Waals surface area contributed by atoms with Gasteiger partial charge in [0.25, 0.3) is 5.91 Å². The van der Waals surface area contributed by atoms with Crippen LogP contribution >= 0.6 is 0 Å². The molecule has 278 valence electrons. The van der Waals surface area contributed by atoms with Crippen LogP contribution in [0.2, 0.25) is 0 Å². The van der Waals surface area contributed by atoms with Gasteiger partial charge >= 0.3 is 0 Å². The van der Waals surface area contributed by atoms with Crippen LogP contribution < -0.4 is 43.4 Å². The molecule has 0 bridgehead atoms. The average Bonchev–Trinajstić information content (AvgIpc) is 3.49. The number of para-hydroxylation sites is 1. The monoisotopic (exact) mass is 719 g/mol. The molecule has 1 heterocycles. The summed E-state index contributed by atoms with van der Waals surface area (Å²) in [6.07, 6.45) is 1.18. The fourth-order valence-corrected chi connectivity index (χ4v) is 5.14. The fraction of sp³-hybridized carbons (Fsp3) is 0.371. The van der Waals surface area contributed by atoms with Gasteiger partial charge in [0.15, 0.2) is 0 Å². The van der Waals surface area contributed by atoms with E-state index in [-0.39, 0.29) is 43.2 Å². The van der Waals surface area contributed by atoms with Crippen molar-refractivity contribution in [3.63, 3.8) is 0 Å². The van der Waals surface area contributed by atoms with E-state index >= 15 is 0 Å². The van der Waals surface area contributed by atoms with Crippen molar-refractivity contribution in [1.82, 2.24) is 31.6 Å². The van der Waals surface area contributed by atoms with Gasteiger partial charge in [0.2, 0.25) is 41.4 Å². The number of primary amides is 2. The first-order valence-electron chi connectivity index (χ1n) is 16.5. The zero-order valence-corrected chi connectivity index (χ0v) is 29.3. The fourth-order valence-electron chi connectivity index (χ4n) is 5.14. The Morgan fingerprint density at radius 2 is 1.42 bits per heavy atom. The number of hydrogen-bond acceptors (Lipinski definition) is 8. The van der Waals surface area contributed by atoms with Gasteiger partial charge in [-0.05, 0) is 55.2 Å². The molecule has 0 saturated heterocycles. The molecule has 1 unspecified atom stereocenters. The minimum absolute atomic E-state index is 0.0303. The topological polar surface area (TPSA) is 277 Å². The Kier molecular flexibility index (Phi) is 14.4. The second-order valence-electron chi connectivity index (χ2n) is 12.6. The molecule has 0 aliphatic heterocycles. The number of anilines is 1. The van der Waals surface area contributed by atoms with Crippen LogP contribution in [-0.4, -0.2) is 83.0 Å². The second kappa shape index (κ2) is 18.7. The van der Waals surface area contributed by atoms with Crippen molar-refractivity contribution in [2.24, 2.45) is 17.4 Å². The van der Waals surface area contributed by atoms with E-state index in [0.717, 1.165) is 10.9 Å². The van der Waals surface area contributed by atoms with Crippen LogP contribution in [0.3, 0.4) is 0 Å². The van der Waals surface area contributed by atoms with E-state index < -0.39 is 65.5 Å². The molecule has 8 amide bonds. The Labute approximate surface area is 299 Å². The normalized spacial score (nSPS) is 13.2. The summed E-state index contributed by atoms with van der Waals surface area (Å²) < 4.78 is 0. The van der Waals surface area contributed by atoms with Gasteiger partial charge in [0, 0.05) is 48.1 Å². The number of amides is 8. The van der Waals surface area contributed by atoms with Crippen LogP contribution in [0, 0.1) is 5.92 Å². The molecule has 3 rings (SSSR count). The van der Waals surface area contributed by atoms with E-state index in [9.17, 15) is 38.4 Å². The molecular weight excluding hydrogens is 674 g/mol. The number of benzene rings is 2. The minimum atomic E-state index is -1.32. The highest BCUT2D eigenvalue weighted by Crippen LogP contribution is 2.19. The lowest BCUT2D eigenvalue weighted by molar-refractivity contribution is -0.133. The molecule has 11 N–H and O–H groups in total. The summed E-state index contributed by atoms with van der Waals surface area (Å²) in [4.78, 5) is 103. The number of carbonyl (C=O) groups excluding carboxylic acids is 8. The average molecular weight is 720 g/mol. The number of nitrogens with one attached hydrogen (secondary N) is 7. The summed E-state index contributed by atoms with van der Waals surface area (Å²) in [5.41, 5.74) is 12.7. The number of carbonyl (C=O) groups is 8. The van der Waals surface area contributed by atoms with E-state index in [1.165, 1.54) is 38.1 Å². The molecular formula is C35H45N9O8. The van der Waals surface area contributed by atoms with Gasteiger partial charge in [-0.15, -0.1) is 0 Å². The maximum atomic E-state index is 13.8. The van der Waals surface area contributed by atoms with Gasteiger partial charge in [-0.1, -0.05) is 32.0 Å². The smallest absolute Gasteiger partial charge is 0.251 e. The van der Waals surface area contributed by atoms with Crippen LogP contribution in [0.4, 0.5) is 5.69 Å². The predicted octanol–water partition coefficient (Wildman–Crippen LogP) is -0.535. The predicted molar refractivity (Wildman–Crippen MR) is 191 cm³/mol. The number of nitrogens with two attached hydrogens (primary N) is 2. The van der Waals surface area contributed by atoms with Crippen molar-refractivity contribution in [2.45, 2.75) is 71.1 Å². The number of aromatic nitrogens is 1. The van der Waals surface area contributed by atoms with Crippen molar-refractivity contribution in [3.8, 4) is 0 Å². The number of hydrogen-bond donors (Lipinski definition) is 9. The molecule has 0 fully saturated rings. The first kappa shape index (κ1) is 40.2. The molecule has 0 radical (unpaired) electrons. The van der Waals surface area contributed by atoms with E-state index in [4.69, 9.17) is 11.5 Å². The van der Waals surface area contributed by atoms with Crippen LogP contribution in [0.15, 0.2) is 54.7 Å². The Morgan fingerprint density at radius 3 is 2.04 bits per heavy atom. The van der Waals surface area contributed by atoms with Crippen LogP contribution in [0.1, 0.15) is 56.5 Å². The summed E-state index contributed by atoms with van der Waals surface area (Å²) in [6, 6.07) is 8.29. The number of fused-ring (bicyclic) bond motifs is 1. The highest BCUT2D eigenvalue weighted by atomic mass is 16.2. The maximum Gasteiger partial charge on any atom is 0.251 e. The van der Waals surface area contributed by atoms with E-state index in [0.29, 0.717) is 11.3 Å². The largest absolute Gasteiger partial charge is 0.370 e. The summed E-state index contributed by atoms with van der Waals surface area (Å²) in [5, 5.41) is 16.1. The van der Waals surface area contributed by atoms with Gasteiger partial charge in [0.1, 0.15) is 24.2 Å². The number of aromatic amines is 1. The van der Waals surface area contributed by atoms with Gasteiger partial charge in [-0.2, -0.15) is 0 Å². The SMILES string of the molecule is CC(=O)NCC(=O)Nc1ccc(C(=O)N[C@@H](CCC(N)=O)C(=O)N[C@@H](Cc2c[nH]c3ccccc23)C(=O)N[C@@H](C)C(=O)NC(C(N)=O)C(C)C)cc1. The second-order valence-corrected chi connectivity index (χ2v) is 12.6. The molecule has 17 heteroatoms. The van der Waals surface area contributed by atoms with Gasteiger partial charge < -0.3 is 48.4 Å². The van der Waals surface area contributed by atoms with Crippen molar-refractivity contribution < 1.29 is 38.4 Å². The maximum absolute atomic E-state index is 13.8. The van der Waals surface area contributed by atoms with E-state index in [1.807, 2.05) is 24.3 Å². The lowest BCUT2D eigenvalue weighted by Crippen LogP contribution is -2.58. The molecule has 0 saturated carbocycles. The van der Waals surface area contributed by atoms with Crippen molar-refractivity contribution in [3.05, 3.63) is 65.9 Å². The molecule has 4 atom stereocenters. The molecule has 0 aliphatic carbocycles. The Hall–Kier alpha value is -6.26. The van der Waals surface area contributed by atoms with Gasteiger partial charge in [0.05, 0.1) is 6.54 Å². The molecule has 0 spiro atoms. The molecule has 0 aliphatic rings. The summed E-state index contributed by atoms with van der Waals surface area (Å²) in [6.45, 7) is 5.84. The Morgan fingerprint density at radius 1 is 0.769 bits per heavy atom. The number of rotatable bonds is 18. The van der Waals surface area contributed by atoms with E-state index in [1.54, 1.807) is 20.0 Å². The van der Waals surface area contributed by atoms with Gasteiger partial charge in [-0.25, -0.2) is 0 Å². The summed E-state index contributed by atoms with van der Waals surface area (Å²) in [5.74, 6) is -5.55. The zero-order chi connectivity index (χ0) is 38.5. The highest BCUT2D eigenvalue weighted by molar-refractivity contribution is 6.00. The minimum Gasteiger partial charge on any atom is -0.370 e. The van der Waals surface area contributed by atoms with Crippen molar-refractivity contribution >= 4 is 63.8 Å². The molecule has 17 nitrogen and oxygen atoms in total. The quantitative estimate of drug-likeness (QED) is 0.0822. The highest BCUT2D eigenvalue weighted by Gasteiger charge is 2.31. The Bertz CT molecular complexity index is 1800. The first-order valence-corrected chi connectivity index (χ1v) is 16.5. The molecule has 3 aromatic rings. The molecule has 2 aromatic carbocycles. The first-order chi connectivity index (χ1) is 24.5. The summed E-state index contributed by atoms with van der Waals surface area (Å²) in [7, 11) is 0. The Balaban J connectivity index is 1.81. The third kappa shape index (κ3) is 12.0. The van der Waals surface area contributed by atoms with E-state index in [2.05, 4.69) is 36.9 Å². The molecule has 52 heavy (non-hydrogen) atoms.